The van der Waals surface area contributed by atoms with E-state index in [0.717, 1.165) is 49.8 Å². The van der Waals surface area contributed by atoms with Crippen LogP contribution in [0.4, 0.5) is 5.69 Å². The van der Waals surface area contributed by atoms with Gasteiger partial charge in [0.25, 0.3) is 0 Å². The monoisotopic (exact) mass is 402 g/mol. The zero-order valence-corrected chi connectivity index (χ0v) is 16.9. The topological polar surface area (TPSA) is 84.3 Å². The van der Waals surface area contributed by atoms with Gasteiger partial charge in [-0.25, -0.2) is 13.1 Å². The molecule has 2 heterocycles. The number of benzene rings is 1. The summed E-state index contributed by atoms with van der Waals surface area (Å²) in [5.41, 5.74) is 1.75. The molecule has 1 N–H and O–H groups in total. The summed E-state index contributed by atoms with van der Waals surface area (Å²) >= 11 is 0. The van der Waals surface area contributed by atoms with Crippen molar-refractivity contribution in [3.8, 4) is 0 Å². The van der Waals surface area contributed by atoms with Gasteiger partial charge in [0.05, 0.1) is 10.9 Å². The highest BCUT2D eigenvalue weighted by Gasteiger charge is 2.28. The van der Waals surface area contributed by atoms with Gasteiger partial charge in [0.2, 0.25) is 15.9 Å². The second-order valence-electron chi connectivity index (χ2n) is 7.68. The van der Waals surface area contributed by atoms with Crippen molar-refractivity contribution in [3.05, 3.63) is 42.2 Å². The lowest BCUT2D eigenvalue weighted by Crippen LogP contribution is -2.38. The molecule has 1 saturated carbocycles. The Morgan fingerprint density at radius 3 is 2.68 bits per heavy atom. The van der Waals surface area contributed by atoms with E-state index in [0.29, 0.717) is 12.6 Å². The van der Waals surface area contributed by atoms with E-state index in [9.17, 15) is 13.2 Å². The fraction of sp³-hybridized carbons (Fsp3) is 0.500. The van der Waals surface area contributed by atoms with Crippen molar-refractivity contribution >= 4 is 21.6 Å². The quantitative estimate of drug-likeness (QED) is 0.852. The molecule has 1 aliphatic carbocycles. The minimum absolute atomic E-state index is 0.0105. The van der Waals surface area contributed by atoms with E-state index in [1.54, 1.807) is 36.2 Å². The van der Waals surface area contributed by atoms with Gasteiger partial charge in [-0.2, -0.15) is 5.10 Å². The van der Waals surface area contributed by atoms with Crippen molar-refractivity contribution in [2.75, 3.05) is 11.4 Å². The lowest BCUT2D eigenvalue weighted by molar-refractivity contribution is -0.116. The maximum Gasteiger partial charge on any atom is 0.240 e. The summed E-state index contributed by atoms with van der Waals surface area (Å²) in [7, 11) is -3.58. The summed E-state index contributed by atoms with van der Waals surface area (Å²) in [6.07, 6.45) is 8.79. The Labute approximate surface area is 165 Å². The highest BCUT2D eigenvalue weighted by Crippen LogP contribution is 2.31. The highest BCUT2D eigenvalue weighted by atomic mass is 32.2. The first-order chi connectivity index (χ1) is 13.4. The number of anilines is 1. The second-order valence-corrected chi connectivity index (χ2v) is 9.39. The first-order valence-corrected chi connectivity index (χ1v) is 11.3. The van der Waals surface area contributed by atoms with Gasteiger partial charge in [-0.1, -0.05) is 0 Å². The van der Waals surface area contributed by atoms with Gasteiger partial charge in [-0.15, -0.1) is 0 Å². The van der Waals surface area contributed by atoms with E-state index >= 15 is 0 Å². The van der Waals surface area contributed by atoms with Gasteiger partial charge in [0.15, 0.2) is 0 Å². The molecular weight excluding hydrogens is 376 g/mol. The van der Waals surface area contributed by atoms with Crippen LogP contribution in [0.15, 0.2) is 41.6 Å². The van der Waals surface area contributed by atoms with E-state index in [1.807, 2.05) is 16.9 Å². The van der Waals surface area contributed by atoms with Crippen LogP contribution in [-0.2, 0) is 21.2 Å². The fourth-order valence-corrected chi connectivity index (χ4v) is 5.67. The molecule has 2 aromatic rings. The third kappa shape index (κ3) is 3.84. The van der Waals surface area contributed by atoms with Gasteiger partial charge in [-0.05, 0) is 68.4 Å². The number of nitrogens with one attached hydrogen (secondary N) is 1. The number of fused-ring (bicyclic) bond motifs is 1. The number of aromatic nitrogens is 2. The van der Waals surface area contributed by atoms with Crippen LogP contribution in [0.5, 0.6) is 0 Å². The standard InChI is InChI=1S/C20H26N4O3S/c1-15(25)23-12-2-4-16-14-19(9-10-20(16)23)28(26,27)22-17-5-7-18(8-6-17)24-13-3-11-21-24/h3,9-11,13-14,17-18,22H,2,4-8,12H2,1H3. The molecule has 0 atom stereocenters. The molecule has 28 heavy (non-hydrogen) atoms. The van der Waals surface area contributed by atoms with E-state index in [-0.39, 0.29) is 16.8 Å². The van der Waals surface area contributed by atoms with Crippen molar-refractivity contribution in [1.29, 1.82) is 0 Å². The largest absolute Gasteiger partial charge is 0.312 e. The third-order valence-electron chi connectivity index (χ3n) is 5.78. The summed E-state index contributed by atoms with van der Waals surface area (Å²) in [5.74, 6) is -0.0105. The molecule has 2 aliphatic rings. The summed E-state index contributed by atoms with van der Waals surface area (Å²) in [6, 6.07) is 7.30. The van der Waals surface area contributed by atoms with Gasteiger partial charge >= 0.3 is 0 Å². The minimum atomic E-state index is -3.58. The van der Waals surface area contributed by atoms with Crippen molar-refractivity contribution in [2.45, 2.75) is 62.4 Å². The zero-order valence-electron chi connectivity index (χ0n) is 16.0. The number of nitrogens with zero attached hydrogens (tertiary/aromatic N) is 3. The van der Waals surface area contributed by atoms with E-state index in [1.165, 1.54) is 0 Å². The number of hydrogen-bond acceptors (Lipinski definition) is 4. The average Bonchev–Trinajstić information content (AvgIpc) is 3.22. The van der Waals surface area contributed by atoms with Crippen molar-refractivity contribution in [2.24, 2.45) is 0 Å². The summed E-state index contributed by atoms with van der Waals surface area (Å²) in [6.45, 7) is 2.23. The fourth-order valence-electron chi connectivity index (χ4n) is 4.31. The highest BCUT2D eigenvalue weighted by molar-refractivity contribution is 7.89. The van der Waals surface area contributed by atoms with Crippen LogP contribution >= 0.6 is 0 Å². The molecular formula is C20H26N4O3S. The smallest absolute Gasteiger partial charge is 0.240 e. The Kier molecular flexibility index (Phi) is 5.25. The van der Waals surface area contributed by atoms with Crippen LogP contribution in [0, 0.1) is 0 Å². The molecule has 0 unspecified atom stereocenters. The molecule has 0 saturated heterocycles. The first-order valence-electron chi connectivity index (χ1n) is 9.86. The Bertz CT molecular complexity index is 948. The number of hydrogen-bond donors (Lipinski definition) is 1. The summed E-state index contributed by atoms with van der Waals surface area (Å²) in [5, 5.41) is 4.30. The molecule has 1 aromatic heterocycles. The molecule has 150 valence electrons. The molecule has 7 nitrogen and oxygen atoms in total. The molecule has 1 aliphatic heterocycles. The predicted molar refractivity (Wildman–Crippen MR) is 107 cm³/mol. The number of aryl methyl sites for hydroxylation is 1. The third-order valence-corrected chi connectivity index (χ3v) is 7.30. The second kappa shape index (κ2) is 7.67. The normalized spacial score (nSPS) is 22.7. The van der Waals surface area contributed by atoms with Gasteiger partial charge in [0, 0.05) is 37.6 Å². The van der Waals surface area contributed by atoms with E-state index in [4.69, 9.17) is 0 Å². The van der Waals surface area contributed by atoms with Crippen molar-refractivity contribution in [3.63, 3.8) is 0 Å². The van der Waals surface area contributed by atoms with Crippen LogP contribution in [-0.4, -0.2) is 36.7 Å². The number of amides is 1. The Hall–Kier alpha value is -2.19. The molecule has 0 spiro atoms. The minimum Gasteiger partial charge on any atom is -0.312 e. The van der Waals surface area contributed by atoms with Gasteiger partial charge < -0.3 is 4.90 Å². The van der Waals surface area contributed by atoms with Crippen LogP contribution in [0.25, 0.3) is 0 Å². The number of sulfonamides is 1. The van der Waals surface area contributed by atoms with Crippen LogP contribution in [0.2, 0.25) is 0 Å². The summed E-state index contributed by atoms with van der Waals surface area (Å²) < 4.78 is 30.7. The van der Waals surface area contributed by atoms with E-state index in [2.05, 4.69) is 9.82 Å². The van der Waals surface area contributed by atoms with Crippen molar-refractivity contribution in [1.82, 2.24) is 14.5 Å². The molecule has 1 fully saturated rings. The predicted octanol–water partition coefficient (Wildman–Crippen LogP) is 2.64. The van der Waals surface area contributed by atoms with Crippen LogP contribution < -0.4 is 9.62 Å². The average molecular weight is 403 g/mol. The molecule has 0 bridgehead atoms. The number of carbonyl (C=O) groups excluding carboxylic acids is 1. The Morgan fingerprint density at radius 2 is 2.00 bits per heavy atom. The molecule has 8 heteroatoms. The molecule has 4 rings (SSSR count). The number of carbonyl (C=O) groups is 1. The first kappa shape index (κ1) is 19.1. The maximum absolute atomic E-state index is 12.9. The summed E-state index contributed by atoms with van der Waals surface area (Å²) in [4.78, 5) is 13.8. The van der Waals surface area contributed by atoms with Crippen LogP contribution in [0.1, 0.15) is 50.6 Å². The van der Waals surface area contributed by atoms with Crippen molar-refractivity contribution < 1.29 is 13.2 Å². The molecule has 1 amide bonds. The molecule has 0 radical (unpaired) electrons. The molecule has 1 aromatic carbocycles. The lowest BCUT2D eigenvalue weighted by Gasteiger charge is -2.30. The number of rotatable bonds is 4. The van der Waals surface area contributed by atoms with E-state index < -0.39 is 10.0 Å². The lowest BCUT2D eigenvalue weighted by atomic mass is 9.92. The van der Waals surface area contributed by atoms with Crippen LogP contribution in [0.3, 0.4) is 0 Å². The zero-order chi connectivity index (χ0) is 19.7. The van der Waals surface area contributed by atoms with Gasteiger partial charge in [0.1, 0.15) is 0 Å². The Balaban J connectivity index is 1.45. The Morgan fingerprint density at radius 1 is 1.21 bits per heavy atom. The van der Waals surface area contributed by atoms with Gasteiger partial charge in [-0.3, -0.25) is 9.48 Å². The SMILES string of the molecule is CC(=O)N1CCCc2cc(S(=O)(=O)NC3CCC(n4cccn4)CC3)ccc21. The maximum atomic E-state index is 12.9.